The number of benzene rings is 3. The number of rotatable bonds is 8. The van der Waals surface area contributed by atoms with Crippen molar-refractivity contribution in [2.75, 3.05) is 0 Å². The molecule has 3 rings (SSSR count). The second-order valence-corrected chi connectivity index (χ2v) is 6.84. The van der Waals surface area contributed by atoms with Crippen molar-refractivity contribution in [2.45, 2.75) is 13.2 Å². The van der Waals surface area contributed by atoms with Gasteiger partial charge in [0.25, 0.3) is 5.78 Å². The summed E-state index contributed by atoms with van der Waals surface area (Å²) in [4.78, 5) is 23.4. The number of carbonyl (C=O) groups excluding carboxylic acids is 1. The van der Waals surface area contributed by atoms with Gasteiger partial charge < -0.3 is 14.6 Å². The third-order valence-corrected chi connectivity index (χ3v) is 4.83. The molecule has 0 fully saturated rings. The van der Waals surface area contributed by atoms with Gasteiger partial charge in [-0.25, -0.2) is 4.79 Å². The summed E-state index contributed by atoms with van der Waals surface area (Å²) < 4.78 is 11.6. The highest BCUT2D eigenvalue weighted by Crippen LogP contribution is 2.34. The average molecular weight is 431 g/mol. The first-order chi connectivity index (χ1) is 14.0. The molecule has 3 aromatic rings. The van der Waals surface area contributed by atoms with Gasteiger partial charge in [-0.2, -0.15) is 0 Å². The molecule has 0 amide bonds. The van der Waals surface area contributed by atoms with E-state index in [9.17, 15) is 9.59 Å². The van der Waals surface area contributed by atoms with E-state index in [1.54, 1.807) is 48.5 Å². The summed E-state index contributed by atoms with van der Waals surface area (Å²) in [6, 6.07) is 18.7. The van der Waals surface area contributed by atoms with Gasteiger partial charge in [-0.05, 0) is 24.3 Å². The molecule has 0 aromatic heterocycles. The number of para-hydroxylation sites is 1. The predicted molar refractivity (Wildman–Crippen MR) is 110 cm³/mol. The first-order valence-corrected chi connectivity index (χ1v) is 9.36. The number of carboxylic acids is 1. The van der Waals surface area contributed by atoms with Crippen molar-refractivity contribution in [3.05, 3.63) is 93.5 Å². The molecule has 0 spiro atoms. The molecular weight excluding hydrogens is 415 g/mol. The molecule has 5 nitrogen and oxygen atoms in total. The molecule has 0 atom stereocenters. The van der Waals surface area contributed by atoms with E-state index in [1.807, 2.05) is 6.07 Å². The van der Waals surface area contributed by atoms with Gasteiger partial charge >= 0.3 is 5.97 Å². The van der Waals surface area contributed by atoms with Crippen LogP contribution in [0.3, 0.4) is 0 Å². The van der Waals surface area contributed by atoms with Crippen molar-refractivity contribution >= 4 is 35.0 Å². The fourth-order valence-electron chi connectivity index (χ4n) is 2.61. The maximum absolute atomic E-state index is 12.1. The first-order valence-electron chi connectivity index (χ1n) is 8.60. The van der Waals surface area contributed by atoms with Crippen molar-refractivity contribution in [1.82, 2.24) is 0 Å². The Hall–Kier alpha value is -3.02. The Morgan fingerprint density at radius 2 is 1.31 bits per heavy atom. The topological polar surface area (TPSA) is 72.8 Å². The summed E-state index contributed by atoms with van der Waals surface area (Å²) in [6.07, 6.45) is 0. The number of Topliss-reactive ketones (excluding diaryl/α,β-unsaturated/α-hetero) is 1. The number of hydrogen-bond acceptors (Lipinski definition) is 4. The SMILES string of the molecule is O=C(O)C(=O)c1cccc(OCc2ccccc2Cl)c1OCc1ccccc1Cl. The molecule has 0 aliphatic heterocycles. The number of carboxylic acid groups (broad SMARTS) is 1. The van der Waals surface area contributed by atoms with Gasteiger partial charge in [-0.1, -0.05) is 65.7 Å². The lowest BCUT2D eigenvalue weighted by Crippen LogP contribution is -2.15. The quantitative estimate of drug-likeness (QED) is 0.381. The highest BCUT2D eigenvalue weighted by atomic mass is 35.5. The van der Waals surface area contributed by atoms with E-state index < -0.39 is 11.8 Å². The van der Waals surface area contributed by atoms with Crippen LogP contribution in [-0.2, 0) is 18.0 Å². The third-order valence-electron chi connectivity index (χ3n) is 4.09. The van der Waals surface area contributed by atoms with E-state index in [0.29, 0.717) is 15.6 Å². The van der Waals surface area contributed by atoms with Crippen molar-refractivity contribution in [2.24, 2.45) is 0 Å². The van der Waals surface area contributed by atoms with Gasteiger partial charge in [0.1, 0.15) is 13.2 Å². The molecule has 0 saturated heterocycles. The van der Waals surface area contributed by atoms with Crippen molar-refractivity contribution in [1.29, 1.82) is 0 Å². The Morgan fingerprint density at radius 1 is 0.759 bits per heavy atom. The normalized spacial score (nSPS) is 10.4. The van der Waals surface area contributed by atoms with Gasteiger partial charge in [0.15, 0.2) is 11.5 Å². The number of aliphatic carboxylic acids is 1. The smallest absolute Gasteiger partial charge is 0.377 e. The molecule has 0 aliphatic carbocycles. The number of hydrogen-bond donors (Lipinski definition) is 1. The Labute approximate surface area is 177 Å². The van der Waals surface area contributed by atoms with Crippen LogP contribution in [0.4, 0.5) is 0 Å². The van der Waals surface area contributed by atoms with E-state index in [4.69, 9.17) is 37.8 Å². The molecule has 7 heteroatoms. The average Bonchev–Trinajstić information content (AvgIpc) is 2.72. The molecule has 3 aromatic carbocycles. The largest absolute Gasteiger partial charge is 0.485 e. The predicted octanol–water partition coefficient (Wildman–Crippen LogP) is 5.42. The number of ether oxygens (including phenoxy) is 2. The van der Waals surface area contributed by atoms with E-state index >= 15 is 0 Å². The summed E-state index contributed by atoms with van der Waals surface area (Å²) in [7, 11) is 0. The van der Waals surface area contributed by atoms with E-state index in [-0.39, 0.29) is 30.3 Å². The minimum absolute atomic E-state index is 0.0338. The summed E-state index contributed by atoms with van der Waals surface area (Å²) >= 11 is 12.3. The zero-order valence-electron chi connectivity index (χ0n) is 15.1. The van der Waals surface area contributed by atoms with Crippen LogP contribution in [0.5, 0.6) is 11.5 Å². The molecule has 29 heavy (non-hydrogen) atoms. The van der Waals surface area contributed by atoms with Gasteiger partial charge in [0.2, 0.25) is 0 Å². The number of ketones is 1. The Morgan fingerprint density at radius 3 is 1.86 bits per heavy atom. The molecule has 0 heterocycles. The second-order valence-electron chi connectivity index (χ2n) is 6.03. The molecule has 1 N–H and O–H groups in total. The Bertz CT molecular complexity index is 1050. The van der Waals surface area contributed by atoms with Crippen LogP contribution in [-0.4, -0.2) is 16.9 Å². The number of halogens is 2. The zero-order chi connectivity index (χ0) is 20.8. The Balaban J connectivity index is 1.91. The fourth-order valence-corrected chi connectivity index (χ4v) is 2.99. The van der Waals surface area contributed by atoms with Crippen LogP contribution >= 0.6 is 23.2 Å². The highest BCUT2D eigenvalue weighted by molar-refractivity contribution is 6.40. The third kappa shape index (κ3) is 5.08. The van der Waals surface area contributed by atoms with Crippen LogP contribution in [0.1, 0.15) is 21.5 Å². The van der Waals surface area contributed by atoms with Gasteiger partial charge in [-0.15, -0.1) is 0 Å². The lowest BCUT2D eigenvalue weighted by Gasteiger charge is -2.16. The van der Waals surface area contributed by atoms with Crippen LogP contribution in [0.15, 0.2) is 66.7 Å². The van der Waals surface area contributed by atoms with Crippen LogP contribution in [0, 0.1) is 0 Å². The maximum Gasteiger partial charge on any atom is 0.377 e. The summed E-state index contributed by atoms with van der Waals surface area (Å²) in [5.74, 6) is -2.42. The minimum atomic E-state index is -1.59. The minimum Gasteiger partial charge on any atom is -0.485 e. The van der Waals surface area contributed by atoms with Gasteiger partial charge in [-0.3, -0.25) is 4.79 Å². The van der Waals surface area contributed by atoms with Gasteiger partial charge in [0.05, 0.1) is 5.56 Å². The highest BCUT2D eigenvalue weighted by Gasteiger charge is 2.23. The monoisotopic (exact) mass is 430 g/mol. The summed E-state index contributed by atoms with van der Waals surface area (Å²) in [5, 5.41) is 10.2. The van der Waals surface area contributed by atoms with Gasteiger partial charge in [0, 0.05) is 21.2 Å². The molecule has 148 valence electrons. The van der Waals surface area contributed by atoms with Crippen LogP contribution < -0.4 is 9.47 Å². The molecule has 0 saturated carbocycles. The molecule has 0 aliphatic rings. The van der Waals surface area contributed by atoms with E-state index in [2.05, 4.69) is 0 Å². The van der Waals surface area contributed by atoms with Crippen molar-refractivity contribution < 1.29 is 24.2 Å². The summed E-state index contributed by atoms with van der Waals surface area (Å²) in [5.41, 5.74) is 1.31. The van der Waals surface area contributed by atoms with Crippen LogP contribution in [0.2, 0.25) is 10.0 Å². The second kappa shape index (κ2) is 9.45. The first kappa shape index (κ1) is 20.7. The van der Waals surface area contributed by atoms with Crippen molar-refractivity contribution in [3.8, 4) is 11.5 Å². The Kier molecular flexibility index (Phi) is 6.75. The lowest BCUT2D eigenvalue weighted by atomic mass is 10.1. The van der Waals surface area contributed by atoms with Crippen LogP contribution in [0.25, 0.3) is 0 Å². The molecular formula is C22H16Cl2O5. The maximum atomic E-state index is 12.1. The molecule has 0 bridgehead atoms. The summed E-state index contributed by atoms with van der Waals surface area (Å²) in [6.45, 7) is 0.152. The fraction of sp³-hybridized carbons (Fsp3) is 0.0909. The molecule has 0 unspecified atom stereocenters. The number of carbonyl (C=O) groups is 2. The lowest BCUT2D eigenvalue weighted by molar-refractivity contribution is -0.131. The van der Waals surface area contributed by atoms with E-state index in [0.717, 1.165) is 5.56 Å². The van der Waals surface area contributed by atoms with E-state index in [1.165, 1.54) is 12.1 Å². The molecule has 0 radical (unpaired) electrons. The van der Waals surface area contributed by atoms with Crippen molar-refractivity contribution in [3.63, 3.8) is 0 Å². The standard InChI is InChI=1S/C22H16Cl2O5/c23-17-9-3-1-6-14(17)12-28-19-11-5-8-16(20(25)22(26)27)21(19)29-13-15-7-2-4-10-18(15)24/h1-11H,12-13H2,(H,26,27). The zero-order valence-corrected chi connectivity index (χ0v) is 16.6.